The Bertz CT molecular complexity index is 587. The largest absolute Gasteiger partial charge is 0.340 e. The van der Waals surface area contributed by atoms with E-state index >= 15 is 0 Å². The van der Waals surface area contributed by atoms with Gasteiger partial charge in [-0.25, -0.2) is 8.42 Å². The molecule has 0 bridgehead atoms. The molecule has 1 amide bonds. The summed E-state index contributed by atoms with van der Waals surface area (Å²) in [6.07, 6.45) is 2.46. The van der Waals surface area contributed by atoms with E-state index in [9.17, 15) is 13.2 Å². The number of amides is 1. The van der Waals surface area contributed by atoms with Crippen LogP contribution in [0.3, 0.4) is 0 Å². The lowest BCUT2D eigenvalue weighted by Crippen LogP contribution is -2.50. The van der Waals surface area contributed by atoms with Crippen molar-refractivity contribution < 1.29 is 13.2 Å². The number of sulfonamides is 1. The van der Waals surface area contributed by atoms with Gasteiger partial charge in [0.2, 0.25) is 5.91 Å². The number of rotatable bonds is 5. The Kier molecular flexibility index (Phi) is 5.40. The van der Waals surface area contributed by atoms with E-state index in [4.69, 9.17) is 0 Å². The molecule has 1 aromatic rings. The van der Waals surface area contributed by atoms with Crippen LogP contribution < -0.4 is 0 Å². The predicted molar refractivity (Wildman–Crippen MR) is 83.9 cm³/mol. The quantitative estimate of drug-likeness (QED) is 0.830. The summed E-state index contributed by atoms with van der Waals surface area (Å²) in [5.74, 6) is 0.140. The normalized spacial score (nSPS) is 17.1. The van der Waals surface area contributed by atoms with Gasteiger partial charge < -0.3 is 4.90 Å². The molecule has 118 valence electrons. The van der Waals surface area contributed by atoms with Crippen molar-refractivity contribution >= 4 is 27.3 Å². The van der Waals surface area contributed by atoms with Crippen molar-refractivity contribution in [3.05, 3.63) is 17.0 Å². The molecule has 1 fully saturated rings. The van der Waals surface area contributed by atoms with Crippen molar-refractivity contribution in [3.63, 3.8) is 0 Å². The van der Waals surface area contributed by atoms with E-state index in [1.807, 2.05) is 13.0 Å². The fourth-order valence-corrected chi connectivity index (χ4v) is 5.20. The molecule has 7 heteroatoms. The van der Waals surface area contributed by atoms with Gasteiger partial charge in [0.25, 0.3) is 10.0 Å². The third kappa shape index (κ3) is 3.84. The van der Waals surface area contributed by atoms with Crippen molar-refractivity contribution in [2.45, 2.75) is 37.3 Å². The van der Waals surface area contributed by atoms with Crippen LogP contribution in [0.25, 0.3) is 0 Å². The second-order valence-corrected chi connectivity index (χ2v) is 8.71. The van der Waals surface area contributed by atoms with E-state index in [1.54, 1.807) is 11.0 Å². The van der Waals surface area contributed by atoms with E-state index in [-0.39, 0.29) is 5.91 Å². The Morgan fingerprint density at radius 2 is 1.90 bits per heavy atom. The summed E-state index contributed by atoms with van der Waals surface area (Å²) in [4.78, 5) is 14.7. The SMILES string of the molecule is CCCCC(=O)N1CCN(S(=O)(=O)c2ccc(C)s2)CC1. The number of thiophene rings is 1. The molecule has 0 saturated carbocycles. The standard InChI is InChI=1S/C14H22N2O3S2/c1-3-4-5-13(17)15-8-10-16(11-9-15)21(18,19)14-7-6-12(2)20-14/h6-7H,3-5,8-11H2,1-2H3. The van der Waals surface area contributed by atoms with Crippen LogP contribution in [0.4, 0.5) is 0 Å². The number of aryl methyl sites for hydroxylation is 1. The van der Waals surface area contributed by atoms with Gasteiger partial charge in [-0.2, -0.15) is 4.31 Å². The molecule has 0 unspecified atom stereocenters. The molecule has 2 heterocycles. The molecular weight excluding hydrogens is 308 g/mol. The third-order valence-corrected chi connectivity index (χ3v) is 7.01. The summed E-state index contributed by atoms with van der Waals surface area (Å²) in [5, 5.41) is 0. The lowest BCUT2D eigenvalue weighted by molar-refractivity contribution is -0.132. The van der Waals surface area contributed by atoms with Gasteiger partial charge in [0.05, 0.1) is 0 Å². The molecule has 21 heavy (non-hydrogen) atoms. The van der Waals surface area contributed by atoms with Gasteiger partial charge in [0, 0.05) is 37.5 Å². The van der Waals surface area contributed by atoms with Crippen LogP contribution in [0.1, 0.15) is 31.1 Å². The highest BCUT2D eigenvalue weighted by atomic mass is 32.2. The lowest BCUT2D eigenvalue weighted by atomic mass is 10.2. The summed E-state index contributed by atoms with van der Waals surface area (Å²) in [6, 6.07) is 3.48. The van der Waals surface area contributed by atoms with Gasteiger partial charge in [-0.1, -0.05) is 13.3 Å². The Morgan fingerprint density at radius 1 is 1.24 bits per heavy atom. The molecule has 0 aromatic carbocycles. The first-order valence-corrected chi connectivity index (χ1v) is 9.55. The second kappa shape index (κ2) is 6.89. The van der Waals surface area contributed by atoms with Crippen LogP contribution >= 0.6 is 11.3 Å². The van der Waals surface area contributed by atoms with E-state index < -0.39 is 10.0 Å². The molecular formula is C14H22N2O3S2. The first kappa shape index (κ1) is 16.5. The summed E-state index contributed by atoms with van der Waals surface area (Å²) in [7, 11) is -3.39. The highest BCUT2D eigenvalue weighted by Crippen LogP contribution is 2.25. The van der Waals surface area contributed by atoms with E-state index in [2.05, 4.69) is 6.92 Å². The van der Waals surface area contributed by atoms with Gasteiger partial charge in [-0.15, -0.1) is 11.3 Å². The van der Waals surface area contributed by atoms with Crippen LogP contribution in [0.15, 0.2) is 16.3 Å². The van der Waals surface area contributed by atoms with E-state index in [1.165, 1.54) is 15.6 Å². The summed E-state index contributed by atoms with van der Waals surface area (Å²) < 4.78 is 26.8. The lowest BCUT2D eigenvalue weighted by Gasteiger charge is -2.33. The molecule has 5 nitrogen and oxygen atoms in total. The maximum absolute atomic E-state index is 12.5. The maximum atomic E-state index is 12.5. The van der Waals surface area contributed by atoms with Gasteiger partial charge >= 0.3 is 0 Å². The number of carbonyl (C=O) groups is 1. The number of hydrogen-bond donors (Lipinski definition) is 0. The number of piperazine rings is 1. The molecule has 0 spiro atoms. The molecule has 0 N–H and O–H groups in total. The second-order valence-electron chi connectivity index (χ2n) is 5.25. The van der Waals surface area contributed by atoms with Crippen molar-refractivity contribution in [3.8, 4) is 0 Å². The molecule has 2 rings (SSSR count). The van der Waals surface area contributed by atoms with Gasteiger partial charge in [-0.3, -0.25) is 4.79 Å². The summed E-state index contributed by atoms with van der Waals surface area (Å²) in [5.41, 5.74) is 0. The van der Waals surface area contributed by atoms with Gasteiger partial charge in [0.15, 0.2) is 0 Å². The Labute approximate surface area is 130 Å². The Hall–Kier alpha value is -0.920. The molecule has 1 aliphatic rings. The molecule has 0 aliphatic carbocycles. The minimum absolute atomic E-state index is 0.140. The summed E-state index contributed by atoms with van der Waals surface area (Å²) in [6.45, 7) is 5.71. The smallest absolute Gasteiger partial charge is 0.252 e. The number of carbonyl (C=O) groups excluding carboxylic acids is 1. The van der Waals surface area contributed by atoms with Crippen LogP contribution in [-0.4, -0.2) is 49.7 Å². The average Bonchev–Trinajstić information content (AvgIpc) is 2.92. The average molecular weight is 330 g/mol. The molecule has 1 aliphatic heterocycles. The van der Waals surface area contributed by atoms with E-state index in [0.29, 0.717) is 36.8 Å². The van der Waals surface area contributed by atoms with Crippen LogP contribution in [0.2, 0.25) is 0 Å². The first-order chi connectivity index (χ1) is 9.95. The van der Waals surface area contributed by atoms with Gasteiger partial charge in [0.1, 0.15) is 4.21 Å². The first-order valence-electron chi connectivity index (χ1n) is 7.29. The zero-order chi connectivity index (χ0) is 15.5. The fourth-order valence-electron chi connectivity index (χ4n) is 2.34. The molecule has 0 atom stereocenters. The zero-order valence-electron chi connectivity index (χ0n) is 12.5. The molecule has 1 aromatic heterocycles. The molecule has 1 saturated heterocycles. The predicted octanol–water partition coefficient (Wildman–Crippen LogP) is 2.08. The van der Waals surface area contributed by atoms with Crippen molar-refractivity contribution in [2.75, 3.05) is 26.2 Å². The number of nitrogens with zero attached hydrogens (tertiary/aromatic N) is 2. The van der Waals surface area contributed by atoms with Crippen LogP contribution in [0.5, 0.6) is 0 Å². The van der Waals surface area contributed by atoms with Crippen LogP contribution in [0, 0.1) is 6.92 Å². The molecule has 0 radical (unpaired) electrons. The topological polar surface area (TPSA) is 57.7 Å². The monoisotopic (exact) mass is 330 g/mol. The summed E-state index contributed by atoms with van der Waals surface area (Å²) >= 11 is 1.30. The highest BCUT2D eigenvalue weighted by molar-refractivity contribution is 7.91. The Morgan fingerprint density at radius 3 is 2.43 bits per heavy atom. The number of hydrogen-bond acceptors (Lipinski definition) is 4. The van der Waals surface area contributed by atoms with Crippen molar-refractivity contribution in [2.24, 2.45) is 0 Å². The number of unbranched alkanes of at least 4 members (excludes halogenated alkanes) is 1. The maximum Gasteiger partial charge on any atom is 0.252 e. The third-order valence-electron chi connectivity index (χ3n) is 3.65. The van der Waals surface area contributed by atoms with E-state index in [0.717, 1.165) is 17.7 Å². The highest BCUT2D eigenvalue weighted by Gasteiger charge is 2.30. The minimum Gasteiger partial charge on any atom is -0.340 e. The van der Waals surface area contributed by atoms with Crippen molar-refractivity contribution in [1.29, 1.82) is 0 Å². The minimum atomic E-state index is -3.39. The van der Waals surface area contributed by atoms with Crippen molar-refractivity contribution in [1.82, 2.24) is 9.21 Å². The Balaban J connectivity index is 1.96. The van der Waals surface area contributed by atoms with Crippen LogP contribution in [-0.2, 0) is 14.8 Å². The van der Waals surface area contributed by atoms with Gasteiger partial charge in [-0.05, 0) is 25.5 Å². The zero-order valence-corrected chi connectivity index (χ0v) is 14.2. The fraction of sp³-hybridized carbons (Fsp3) is 0.643.